The quantitative estimate of drug-likeness (QED) is 0.127. The molecule has 6 aliphatic rings. The molecule has 2 saturated heterocycles. The minimum atomic E-state index is -1.57. The maximum Gasteiger partial charge on any atom is 0.338 e. The minimum absolute atomic E-state index is 0.0401. The van der Waals surface area contributed by atoms with E-state index in [1.165, 1.54) is 31.7 Å². The van der Waals surface area contributed by atoms with Gasteiger partial charge >= 0.3 is 11.9 Å². The number of rotatable bonds is 14. The second-order valence-corrected chi connectivity index (χ2v) is 19.6. The molecule has 5 N–H and O–H groups in total. The Balaban J connectivity index is 1.10. The van der Waals surface area contributed by atoms with Crippen molar-refractivity contribution in [3.05, 3.63) is 41.5 Å². The van der Waals surface area contributed by atoms with Crippen molar-refractivity contribution < 1.29 is 68.3 Å². The first kappa shape index (κ1) is 46.3. The molecule has 0 radical (unpaired) electrons. The standard InChI is InChI=1S/C47H70O14/c1-25(22-48)8-7-9-26(2)38-36(21-34-32-15-12-29-20-30(50)16-18-46(29,4)33(32)17-19-47(34,38)5)59-45-42(58-27(3)49)40(53)37(24-57-45)60-44-41(39(52)35(51)23-56-44)61-43(54)28-10-13-31(55-6)14-11-28/h10-14,25-26,30,32-42,44-45,48,50-53H,7-9,15-24H2,1-6H3/t25-,26-,30+,32-,33+,34+,35-,36+,37+,38+,39+,40+,41-,42-,44+,45+,46+,47+/m1/s1. The summed E-state index contributed by atoms with van der Waals surface area (Å²) in [5, 5.41) is 53.6. The zero-order chi connectivity index (χ0) is 43.8. The number of carbonyl (C=O) groups is 2. The highest BCUT2D eigenvalue weighted by Crippen LogP contribution is 2.68. The van der Waals surface area contributed by atoms with Crippen LogP contribution in [0, 0.1) is 46.3 Å². The summed E-state index contributed by atoms with van der Waals surface area (Å²) in [6.45, 7) is 10.1. The molecule has 0 bridgehead atoms. The van der Waals surface area contributed by atoms with Crippen molar-refractivity contribution in [1.82, 2.24) is 0 Å². The van der Waals surface area contributed by atoms with Crippen molar-refractivity contribution in [3.63, 3.8) is 0 Å². The summed E-state index contributed by atoms with van der Waals surface area (Å²) in [6.07, 6.45) is 0.398. The Bertz CT molecular complexity index is 1690. The number of methoxy groups -OCH3 is 1. The average molecular weight is 859 g/mol. The van der Waals surface area contributed by atoms with Crippen molar-refractivity contribution in [2.24, 2.45) is 46.3 Å². The maximum absolute atomic E-state index is 13.2. The van der Waals surface area contributed by atoms with E-state index in [9.17, 15) is 35.1 Å². The second kappa shape index (κ2) is 19.2. The van der Waals surface area contributed by atoms with Gasteiger partial charge < -0.3 is 58.7 Å². The molecule has 2 heterocycles. The van der Waals surface area contributed by atoms with Crippen LogP contribution in [0.4, 0.5) is 0 Å². The number of hydrogen-bond acceptors (Lipinski definition) is 14. The number of hydrogen-bond donors (Lipinski definition) is 5. The molecule has 3 saturated carbocycles. The van der Waals surface area contributed by atoms with E-state index in [1.807, 2.05) is 0 Å². The van der Waals surface area contributed by atoms with Crippen molar-refractivity contribution >= 4 is 11.9 Å². The molecule has 1 aromatic carbocycles. The fraction of sp³-hybridized carbons (Fsp3) is 0.787. The van der Waals surface area contributed by atoms with Gasteiger partial charge in [0.25, 0.3) is 0 Å². The molecule has 5 fully saturated rings. The second-order valence-electron chi connectivity index (χ2n) is 19.6. The molecule has 342 valence electrons. The molecule has 0 aromatic heterocycles. The first-order chi connectivity index (χ1) is 29.1. The third kappa shape index (κ3) is 9.45. The van der Waals surface area contributed by atoms with E-state index < -0.39 is 61.1 Å². The number of carbonyl (C=O) groups excluding carboxylic acids is 2. The van der Waals surface area contributed by atoms with E-state index in [2.05, 4.69) is 33.8 Å². The van der Waals surface area contributed by atoms with Gasteiger partial charge in [0.05, 0.1) is 38.1 Å². The largest absolute Gasteiger partial charge is 0.497 e. The fourth-order valence-corrected chi connectivity index (χ4v) is 12.5. The zero-order valence-electron chi connectivity index (χ0n) is 36.7. The lowest BCUT2D eigenvalue weighted by Crippen LogP contribution is -2.61. The van der Waals surface area contributed by atoms with Crippen molar-refractivity contribution in [2.75, 3.05) is 26.9 Å². The van der Waals surface area contributed by atoms with Crippen LogP contribution in [0.5, 0.6) is 5.75 Å². The van der Waals surface area contributed by atoms with Crippen LogP contribution in [-0.2, 0) is 33.2 Å². The Morgan fingerprint density at radius 2 is 1.56 bits per heavy atom. The number of ether oxygens (including phenoxy) is 7. The van der Waals surface area contributed by atoms with Crippen molar-refractivity contribution in [2.45, 2.75) is 160 Å². The Morgan fingerprint density at radius 3 is 2.25 bits per heavy atom. The molecule has 18 atom stereocenters. The minimum Gasteiger partial charge on any atom is -0.497 e. The first-order valence-electron chi connectivity index (χ1n) is 22.7. The van der Waals surface area contributed by atoms with Gasteiger partial charge in [-0.15, -0.1) is 0 Å². The summed E-state index contributed by atoms with van der Waals surface area (Å²) in [5.74, 6) is 1.06. The highest BCUT2D eigenvalue weighted by Gasteiger charge is 2.63. The van der Waals surface area contributed by atoms with Gasteiger partial charge in [0.15, 0.2) is 24.8 Å². The van der Waals surface area contributed by atoms with Gasteiger partial charge in [-0.05, 0) is 122 Å². The molecule has 2 aliphatic heterocycles. The number of esters is 2. The highest BCUT2D eigenvalue weighted by atomic mass is 16.7. The Labute approximate surface area is 360 Å². The van der Waals surface area contributed by atoms with Gasteiger partial charge in [-0.1, -0.05) is 52.2 Å². The first-order valence-corrected chi connectivity index (χ1v) is 22.7. The summed E-state index contributed by atoms with van der Waals surface area (Å²) in [5.41, 5.74) is 1.61. The van der Waals surface area contributed by atoms with E-state index >= 15 is 0 Å². The van der Waals surface area contributed by atoms with E-state index in [4.69, 9.17) is 33.2 Å². The predicted molar refractivity (Wildman–Crippen MR) is 221 cm³/mol. The topological polar surface area (TPSA) is 200 Å². The van der Waals surface area contributed by atoms with Gasteiger partial charge in [-0.3, -0.25) is 4.79 Å². The summed E-state index contributed by atoms with van der Waals surface area (Å²) in [6, 6.07) is 6.17. The summed E-state index contributed by atoms with van der Waals surface area (Å²) < 4.78 is 41.8. The van der Waals surface area contributed by atoms with Crippen LogP contribution in [0.3, 0.4) is 0 Å². The van der Waals surface area contributed by atoms with E-state index in [0.29, 0.717) is 23.5 Å². The number of benzene rings is 1. The molecular formula is C47H70O14. The van der Waals surface area contributed by atoms with Crippen LogP contribution in [0.15, 0.2) is 35.9 Å². The molecule has 14 heteroatoms. The molecule has 0 unspecified atom stereocenters. The lowest BCUT2D eigenvalue weighted by atomic mass is 9.47. The fourth-order valence-electron chi connectivity index (χ4n) is 12.5. The van der Waals surface area contributed by atoms with Crippen LogP contribution in [0.1, 0.15) is 109 Å². The average Bonchev–Trinajstić information content (AvgIpc) is 3.54. The SMILES string of the molecule is COc1ccc(C(=O)O[C@H]2[C@H](O[C@H]3CO[C@@H](O[C@H]4C[C@H]5[C@@H]6CC=C7C[C@@H](O)CC[C@]7(C)[C@H]6CC[C@]5(C)[C@H]4[C@H](C)CCC[C@@H](C)CO)[C@H](OC(C)=O)[C@H]3O)OC[C@@H](O)[C@@H]2O)cc1. The lowest BCUT2D eigenvalue weighted by molar-refractivity contribution is -0.334. The van der Waals surface area contributed by atoms with Crippen LogP contribution in [0.2, 0.25) is 0 Å². The monoisotopic (exact) mass is 858 g/mol. The smallest absolute Gasteiger partial charge is 0.338 e. The van der Waals surface area contributed by atoms with E-state index in [-0.39, 0.29) is 66.2 Å². The van der Waals surface area contributed by atoms with E-state index in [1.54, 1.807) is 12.1 Å². The van der Waals surface area contributed by atoms with Gasteiger partial charge in [0.1, 0.15) is 30.2 Å². The third-order valence-electron chi connectivity index (χ3n) is 15.8. The Hall–Kier alpha value is -2.66. The molecule has 1 aromatic rings. The molecule has 4 aliphatic carbocycles. The van der Waals surface area contributed by atoms with Crippen LogP contribution < -0.4 is 4.74 Å². The predicted octanol–water partition coefficient (Wildman–Crippen LogP) is 4.70. The number of fused-ring (bicyclic) bond motifs is 5. The van der Waals surface area contributed by atoms with Crippen LogP contribution in [0.25, 0.3) is 0 Å². The van der Waals surface area contributed by atoms with Crippen LogP contribution in [-0.4, -0.2) is 126 Å². The summed E-state index contributed by atoms with van der Waals surface area (Å²) in [7, 11) is 1.50. The van der Waals surface area contributed by atoms with E-state index in [0.717, 1.165) is 64.2 Å². The normalized spacial score (nSPS) is 41.9. The van der Waals surface area contributed by atoms with Gasteiger partial charge in [-0.25, -0.2) is 4.79 Å². The number of aliphatic hydroxyl groups is 5. The Morgan fingerprint density at radius 1 is 0.869 bits per heavy atom. The summed E-state index contributed by atoms with van der Waals surface area (Å²) >= 11 is 0. The Kier molecular flexibility index (Phi) is 14.6. The van der Waals surface area contributed by atoms with Crippen molar-refractivity contribution in [3.8, 4) is 5.75 Å². The van der Waals surface area contributed by atoms with Gasteiger partial charge in [0.2, 0.25) is 0 Å². The third-order valence-corrected chi connectivity index (χ3v) is 15.8. The van der Waals surface area contributed by atoms with Crippen LogP contribution >= 0.6 is 0 Å². The number of allylic oxidation sites excluding steroid dienone is 1. The molecule has 0 spiro atoms. The van der Waals surface area contributed by atoms with Crippen molar-refractivity contribution in [1.29, 1.82) is 0 Å². The summed E-state index contributed by atoms with van der Waals surface area (Å²) in [4.78, 5) is 25.8. The molecule has 0 amide bonds. The molecule has 61 heavy (non-hydrogen) atoms. The molecular weight excluding hydrogens is 789 g/mol. The molecule has 14 nitrogen and oxygen atoms in total. The van der Waals surface area contributed by atoms with Gasteiger partial charge in [0, 0.05) is 13.5 Å². The lowest BCUT2D eigenvalue weighted by Gasteiger charge is -2.58. The maximum atomic E-state index is 13.2. The van der Waals surface area contributed by atoms with Gasteiger partial charge in [-0.2, -0.15) is 0 Å². The zero-order valence-corrected chi connectivity index (χ0v) is 36.7. The highest BCUT2D eigenvalue weighted by molar-refractivity contribution is 5.89. The molecule has 7 rings (SSSR count). The number of aliphatic hydroxyl groups excluding tert-OH is 5.